The molecule has 0 radical (unpaired) electrons. The van der Waals surface area contributed by atoms with Crippen molar-refractivity contribution in [3.8, 4) is 27.9 Å². The number of benzene rings is 7. The zero-order valence-corrected chi connectivity index (χ0v) is 23.6. The lowest BCUT2D eigenvalue weighted by atomic mass is 9.93. The van der Waals surface area contributed by atoms with Gasteiger partial charge in [0.25, 0.3) is 0 Å². The van der Waals surface area contributed by atoms with Gasteiger partial charge in [0.1, 0.15) is 17.0 Å². The van der Waals surface area contributed by atoms with Crippen molar-refractivity contribution in [3.63, 3.8) is 0 Å². The van der Waals surface area contributed by atoms with E-state index < -0.39 is 0 Å². The fourth-order valence-electron chi connectivity index (χ4n) is 6.69. The third-order valence-electron chi connectivity index (χ3n) is 8.69. The molecule has 3 nitrogen and oxygen atoms in total. The summed E-state index contributed by atoms with van der Waals surface area (Å²) >= 11 is 0. The largest absolute Gasteiger partial charge is 0.455 e. The van der Waals surface area contributed by atoms with E-state index in [9.17, 15) is 0 Å². The van der Waals surface area contributed by atoms with Crippen LogP contribution < -0.4 is 0 Å². The molecule has 0 amide bonds. The van der Waals surface area contributed by atoms with Crippen LogP contribution in [-0.4, -0.2) is 9.55 Å². The molecule has 2 heterocycles. The van der Waals surface area contributed by atoms with E-state index in [-0.39, 0.29) is 0 Å². The van der Waals surface area contributed by atoms with Crippen LogP contribution in [0.15, 0.2) is 144 Å². The number of imidazole rings is 1. The Morgan fingerprint density at radius 1 is 0.535 bits per heavy atom. The molecule has 0 saturated carbocycles. The van der Waals surface area contributed by atoms with Crippen LogP contribution >= 0.6 is 0 Å². The second-order valence-electron chi connectivity index (χ2n) is 11.3. The highest BCUT2D eigenvalue weighted by atomic mass is 16.3. The Morgan fingerprint density at radius 3 is 2.16 bits per heavy atom. The maximum Gasteiger partial charge on any atom is 0.143 e. The summed E-state index contributed by atoms with van der Waals surface area (Å²) in [6.07, 6.45) is 0. The van der Waals surface area contributed by atoms with Crippen molar-refractivity contribution < 1.29 is 4.42 Å². The number of hydrogen-bond acceptors (Lipinski definition) is 2. The number of rotatable bonds is 3. The van der Waals surface area contributed by atoms with E-state index in [0.29, 0.717) is 0 Å². The number of aryl methyl sites for hydroxylation is 1. The van der Waals surface area contributed by atoms with E-state index in [4.69, 9.17) is 9.40 Å². The molecule has 0 saturated heterocycles. The molecule has 0 spiro atoms. The Hall–Kier alpha value is -5.67. The zero-order chi connectivity index (χ0) is 28.5. The van der Waals surface area contributed by atoms with Gasteiger partial charge in [-0.3, -0.25) is 4.57 Å². The van der Waals surface area contributed by atoms with Gasteiger partial charge in [-0.25, -0.2) is 4.98 Å². The van der Waals surface area contributed by atoms with E-state index in [2.05, 4.69) is 139 Å². The number of nitrogens with zero attached hydrogens (tertiary/aromatic N) is 2. The predicted molar refractivity (Wildman–Crippen MR) is 179 cm³/mol. The van der Waals surface area contributed by atoms with E-state index in [0.717, 1.165) is 55.6 Å². The Kier molecular flexibility index (Phi) is 5.11. The van der Waals surface area contributed by atoms with Crippen LogP contribution in [0.1, 0.15) is 5.82 Å². The van der Waals surface area contributed by atoms with Crippen molar-refractivity contribution in [1.29, 1.82) is 0 Å². The van der Waals surface area contributed by atoms with Crippen molar-refractivity contribution >= 4 is 54.5 Å². The van der Waals surface area contributed by atoms with Gasteiger partial charge in [0.05, 0.1) is 11.0 Å². The maximum absolute atomic E-state index is 6.51. The molecular weight excluding hydrogens is 524 g/mol. The van der Waals surface area contributed by atoms with E-state index in [1.165, 1.54) is 32.7 Å². The van der Waals surface area contributed by atoms with Gasteiger partial charge in [-0.2, -0.15) is 0 Å². The molecular formula is C40H26N2O. The molecule has 0 aliphatic rings. The van der Waals surface area contributed by atoms with Crippen LogP contribution in [0, 0.1) is 6.92 Å². The molecule has 0 fully saturated rings. The first-order valence-corrected chi connectivity index (χ1v) is 14.6. The molecule has 9 rings (SSSR count). The lowest BCUT2D eigenvalue weighted by Gasteiger charge is -2.12. The van der Waals surface area contributed by atoms with Crippen molar-refractivity contribution in [3.05, 3.63) is 145 Å². The summed E-state index contributed by atoms with van der Waals surface area (Å²) in [6, 6.07) is 49.7. The molecule has 9 aromatic rings. The lowest BCUT2D eigenvalue weighted by molar-refractivity contribution is 0.670. The van der Waals surface area contributed by atoms with Crippen molar-refractivity contribution in [2.75, 3.05) is 0 Å². The van der Waals surface area contributed by atoms with Gasteiger partial charge in [0.15, 0.2) is 0 Å². The summed E-state index contributed by atoms with van der Waals surface area (Å²) in [6.45, 7) is 2.06. The Bertz CT molecular complexity index is 2530. The molecule has 0 aliphatic carbocycles. The standard InChI is InChI=1S/C40H26N2O/c1-25-41-36-14-5-6-15-37(36)42(25)32-11-8-10-26(23-32)27-17-18-29-22-31(20-19-28(29)21-27)39-33-12-3-2-9-30(33)24-35-34-13-4-7-16-38(34)43-40(35)39/h2-24H,1H3. The quantitative estimate of drug-likeness (QED) is 0.219. The average molecular weight is 551 g/mol. The van der Waals surface area contributed by atoms with Gasteiger partial charge in [0.2, 0.25) is 0 Å². The van der Waals surface area contributed by atoms with Crippen LogP contribution in [-0.2, 0) is 0 Å². The van der Waals surface area contributed by atoms with Gasteiger partial charge in [-0.1, -0.05) is 91.0 Å². The van der Waals surface area contributed by atoms with E-state index in [1.807, 2.05) is 12.1 Å². The van der Waals surface area contributed by atoms with E-state index >= 15 is 0 Å². The van der Waals surface area contributed by atoms with Crippen LogP contribution in [0.5, 0.6) is 0 Å². The summed E-state index contributed by atoms with van der Waals surface area (Å²) in [5, 5.41) is 7.12. The number of aromatic nitrogens is 2. The van der Waals surface area contributed by atoms with Gasteiger partial charge < -0.3 is 4.42 Å². The van der Waals surface area contributed by atoms with Crippen LogP contribution in [0.4, 0.5) is 0 Å². The van der Waals surface area contributed by atoms with Gasteiger partial charge >= 0.3 is 0 Å². The average Bonchev–Trinajstić information content (AvgIpc) is 3.59. The molecule has 43 heavy (non-hydrogen) atoms. The first-order chi connectivity index (χ1) is 21.2. The van der Waals surface area contributed by atoms with Gasteiger partial charge in [-0.15, -0.1) is 0 Å². The fourth-order valence-corrected chi connectivity index (χ4v) is 6.69. The van der Waals surface area contributed by atoms with Crippen molar-refractivity contribution in [2.45, 2.75) is 6.92 Å². The normalized spacial score (nSPS) is 11.8. The summed E-state index contributed by atoms with van der Waals surface area (Å²) in [4.78, 5) is 4.77. The lowest BCUT2D eigenvalue weighted by Crippen LogP contribution is -1.97. The molecule has 2 aromatic heterocycles. The first-order valence-electron chi connectivity index (χ1n) is 14.6. The van der Waals surface area contributed by atoms with Crippen LogP contribution in [0.25, 0.3) is 82.5 Å². The predicted octanol–water partition coefficient (Wildman–Crippen LogP) is 10.9. The van der Waals surface area contributed by atoms with Crippen molar-refractivity contribution in [2.24, 2.45) is 0 Å². The minimum absolute atomic E-state index is 0.917. The number of para-hydroxylation sites is 3. The molecule has 0 atom stereocenters. The summed E-state index contributed by atoms with van der Waals surface area (Å²) in [5.41, 5.74) is 9.78. The SMILES string of the molecule is Cc1nc2ccccc2n1-c1cccc(-c2ccc3cc(-c4c5ccccc5cc5c4oc4ccccc45)ccc3c2)c1. The molecule has 0 aliphatic heterocycles. The number of fused-ring (bicyclic) bond motifs is 6. The Labute approximate surface area is 248 Å². The smallest absolute Gasteiger partial charge is 0.143 e. The fraction of sp³-hybridized carbons (Fsp3) is 0.0250. The Morgan fingerprint density at radius 2 is 1.26 bits per heavy atom. The number of hydrogen-bond donors (Lipinski definition) is 0. The molecule has 0 unspecified atom stereocenters. The van der Waals surface area contributed by atoms with Crippen molar-refractivity contribution in [1.82, 2.24) is 9.55 Å². The van der Waals surface area contributed by atoms with Gasteiger partial charge in [0, 0.05) is 22.0 Å². The highest BCUT2D eigenvalue weighted by molar-refractivity contribution is 6.18. The molecule has 202 valence electrons. The highest BCUT2D eigenvalue weighted by Gasteiger charge is 2.17. The number of furan rings is 1. The first kappa shape index (κ1) is 24.0. The second-order valence-corrected chi connectivity index (χ2v) is 11.3. The highest BCUT2D eigenvalue weighted by Crippen LogP contribution is 2.42. The van der Waals surface area contributed by atoms with Crippen LogP contribution in [0.2, 0.25) is 0 Å². The maximum atomic E-state index is 6.51. The summed E-state index contributed by atoms with van der Waals surface area (Å²) < 4.78 is 8.74. The van der Waals surface area contributed by atoms with Crippen LogP contribution in [0.3, 0.4) is 0 Å². The molecule has 7 aromatic carbocycles. The third-order valence-corrected chi connectivity index (χ3v) is 8.69. The molecule has 3 heteroatoms. The monoisotopic (exact) mass is 550 g/mol. The molecule has 0 N–H and O–H groups in total. The zero-order valence-electron chi connectivity index (χ0n) is 23.6. The third kappa shape index (κ3) is 3.72. The van der Waals surface area contributed by atoms with Gasteiger partial charge in [-0.05, 0) is 93.7 Å². The Balaban J connectivity index is 1.18. The topological polar surface area (TPSA) is 31.0 Å². The minimum Gasteiger partial charge on any atom is -0.455 e. The second kappa shape index (κ2) is 9.17. The summed E-state index contributed by atoms with van der Waals surface area (Å²) in [7, 11) is 0. The van der Waals surface area contributed by atoms with E-state index in [1.54, 1.807) is 0 Å². The molecule has 0 bridgehead atoms. The minimum atomic E-state index is 0.917. The summed E-state index contributed by atoms with van der Waals surface area (Å²) in [5.74, 6) is 0.983.